The number of fused-ring (bicyclic) bond motifs is 1. The van der Waals surface area contributed by atoms with Gasteiger partial charge in [-0.15, -0.1) is 11.3 Å². The van der Waals surface area contributed by atoms with E-state index < -0.39 is 12.0 Å². The molecule has 1 aromatic rings. The SMILES string of the molecule is O=C(NC(CCO)C(=O)O)c1cc2c(s1)CCCC2. The number of carbonyl (C=O) groups excluding carboxylic acids is 1. The summed E-state index contributed by atoms with van der Waals surface area (Å²) >= 11 is 1.45. The molecule has 1 aliphatic carbocycles. The smallest absolute Gasteiger partial charge is 0.326 e. The van der Waals surface area contributed by atoms with Gasteiger partial charge in [-0.1, -0.05) is 0 Å². The molecule has 1 aromatic heterocycles. The van der Waals surface area contributed by atoms with Gasteiger partial charge < -0.3 is 15.5 Å². The van der Waals surface area contributed by atoms with Crippen LogP contribution in [0, 0.1) is 0 Å². The van der Waals surface area contributed by atoms with Crippen molar-refractivity contribution in [1.82, 2.24) is 5.32 Å². The Hall–Kier alpha value is -1.40. The summed E-state index contributed by atoms with van der Waals surface area (Å²) in [6.45, 7) is -0.266. The minimum Gasteiger partial charge on any atom is -0.480 e. The molecule has 19 heavy (non-hydrogen) atoms. The second-order valence-corrected chi connectivity index (χ2v) is 5.78. The quantitative estimate of drug-likeness (QED) is 0.757. The second-order valence-electron chi connectivity index (χ2n) is 4.64. The average molecular weight is 283 g/mol. The molecule has 1 atom stereocenters. The van der Waals surface area contributed by atoms with Crippen molar-refractivity contribution >= 4 is 23.2 Å². The molecule has 2 rings (SSSR count). The second kappa shape index (κ2) is 6.16. The molecule has 0 saturated heterocycles. The molecule has 1 amide bonds. The average Bonchev–Trinajstić information content (AvgIpc) is 2.81. The van der Waals surface area contributed by atoms with Crippen LogP contribution >= 0.6 is 11.3 Å². The van der Waals surface area contributed by atoms with Gasteiger partial charge in [0.05, 0.1) is 4.88 Å². The van der Waals surface area contributed by atoms with E-state index in [-0.39, 0.29) is 18.9 Å². The number of nitrogens with one attached hydrogen (secondary N) is 1. The first-order chi connectivity index (χ1) is 9.11. The predicted molar refractivity (Wildman–Crippen MR) is 71.6 cm³/mol. The highest BCUT2D eigenvalue weighted by Crippen LogP contribution is 2.29. The summed E-state index contributed by atoms with van der Waals surface area (Å²) in [5, 5.41) is 20.2. The standard InChI is InChI=1S/C13H17NO4S/c15-6-5-9(13(17)18)14-12(16)11-7-8-3-1-2-4-10(8)19-11/h7,9,15H,1-6H2,(H,14,16)(H,17,18). The Morgan fingerprint density at radius 1 is 1.37 bits per heavy atom. The summed E-state index contributed by atoms with van der Waals surface area (Å²) in [6.07, 6.45) is 4.32. The minimum atomic E-state index is -1.12. The molecule has 104 valence electrons. The number of aryl methyl sites for hydroxylation is 2. The topological polar surface area (TPSA) is 86.6 Å². The van der Waals surface area contributed by atoms with Gasteiger partial charge in [-0.3, -0.25) is 4.79 Å². The van der Waals surface area contributed by atoms with Gasteiger partial charge in [0.2, 0.25) is 0 Å². The maximum atomic E-state index is 12.0. The van der Waals surface area contributed by atoms with Crippen molar-refractivity contribution in [3.8, 4) is 0 Å². The van der Waals surface area contributed by atoms with Crippen LogP contribution in [0.15, 0.2) is 6.07 Å². The van der Waals surface area contributed by atoms with Crippen LogP contribution in [-0.2, 0) is 17.6 Å². The van der Waals surface area contributed by atoms with Gasteiger partial charge in [0.1, 0.15) is 6.04 Å². The molecular weight excluding hydrogens is 266 g/mol. The van der Waals surface area contributed by atoms with Gasteiger partial charge in [-0.25, -0.2) is 4.79 Å². The zero-order chi connectivity index (χ0) is 13.8. The van der Waals surface area contributed by atoms with Gasteiger partial charge in [0.15, 0.2) is 0 Å². The third-order valence-electron chi connectivity index (χ3n) is 3.24. The third kappa shape index (κ3) is 3.33. The normalized spacial score (nSPS) is 15.6. The van der Waals surface area contributed by atoms with E-state index in [1.807, 2.05) is 6.07 Å². The number of rotatable bonds is 5. The predicted octanol–water partition coefficient (Wildman–Crippen LogP) is 1.19. The lowest BCUT2D eigenvalue weighted by atomic mass is 9.99. The van der Waals surface area contributed by atoms with Crippen LogP contribution in [0.1, 0.15) is 39.4 Å². The molecule has 0 aliphatic heterocycles. The maximum absolute atomic E-state index is 12.0. The van der Waals surface area contributed by atoms with Gasteiger partial charge in [-0.05, 0) is 37.3 Å². The number of carbonyl (C=O) groups is 2. The van der Waals surface area contributed by atoms with E-state index in [2.05, 4.69) is 5.32 Å². The van der Waals surface area contributed by atoms with Crippen LogP contribution in [0.4, 0.5) is 0 Å². The maximum Gasteiger partial charge on any atom is 0.326 e. The van der Waals surface area contributed by atoms with E-state index in [0.29, 0.717) is 4.88 Å². The fraction of sp³-hybridized carbons (Fsp3) is 0.538. The van der Waals surface area contributed by atoms with Gasteiger partial charge in [0, 0.05) is 17.9 Å². The Balaban J connectivity index is 2.06. The number of carboxylic acids is 1. The molecule has 1 unspecified atom stereocenters. The number of aliphatic hydroxyl groups is 1. The number of aliphatic hydroxyl groups excluding tert-OH is 1. The lowest BCUT2D eigenvalue weighted by molar-refractivity contribution is -0.139. The molecule has 1 heterocycles. The lowest BCUT2D eigenvalue weighted by Gasteiger charge is -2.12. The van der Waals surface area contributed by atoms with E-state index in [9.17, 15) is 9.59 Å². The van der Waals surface area contributed by atoms with Crippen molar-refractivity contribution in [2.75, 3.05) is 6.61 Å². The summed E-state index contributed by atoms with van der Waals surface area (Å²) in [7, 11) is 0. The molecule has 0 fully saturated rings. The Kier molecular flexibility index (Phi) is 4.55. The van der Waals surface area contributed by atoms with Crippen molar-refractivity contribution in [2.24, 2.45) is 0 Å². The summed E-state index contributed by atoms with van der Waals surface area (Å²) < 4.78 is 0. The fourth-order valence-corrected chi connectivity index (χ4v) is 3.38. The molecule has 3 N–H and O–H groups in total. The Bertz CT molecular complexity index is 459. The van der Waals surface area contributed by atoms with Gasteiger partial charge in [-0.2, -0.15) is 0 Å². The van der Waals surface area contributed by atoms with Crippen LogP contribution in [0.25, 0.3) is 0 Å². The van der Waals surface area contributed by atoms with Crippen LogP contribution in [-0.4, -0.2) is 34.7 Å². The number of hydrogen-bond donors (Lipinski definition) is 3. The zero-order valence-electron chi connectivity index (χ0n) is 10.5. The van der Waals surface area contributed by atoms with Crippen LogP contribution < -0.4 is 5.32 Å². The van der Waals surface area contributed by atoms with Crippen LogP contribution in [0.5, 0.6) is 0 Å². The number of thiophene rings is 1. The van der Waals surface area contributed by atoms with E-state index in [1.54, 1.807) is 0 Å². The van der Waals surface area contributed by atoms with Gasteiger partial charge >= 0.3 is 5.97 Å². The van der Waals surface area contributed by atoms with Crippen molar-refractivity contribution in [1.29, 1.82) is 0 Å². The molecule has 1 aliphatic rings. The Morgan fingerprint density at radius 3 is 2.74 bits per heavy atom. The fourth-order valence-electron chi connectivity index (χ4n) is 2.22. The van der Waals surface area contributed by atoms with Crippen molar-refractivity contribution in [2.45, 2.75) is 38.1 Å². The van der Waals surface area contributed by atoms with Crippen molar-refractivity contribution in [3.63, 3.8) is 0 Å². The van der Waals surface area contributed by atoms with E-state index >= 15 is 0 Å². The molecule has 5 nitrogen and oxygen atoms in total. The summed E-state index contributed by atoms with van der Waals surface area (Å²) in [5.74, 6) is -1.48. The van der Waals surface area contributed by atoms with E-state index in [4.69, 9.17) is 10.2 Å². The van der Waals surface area contributed by atoms with Gasteiger partial charge in [0.25, 0.3) is 5.91 Å². The van der Waals surface area contributed by atoms with E-state index in [0.717, 1.165) is 25.7 Å². The number of carboxylic acid groups (broad SMARTS) is 1. The minimum absolute atomic E-state index is 0.0200. The largest absolute Gasteiger partial charge is 0.480 e. The summed E-state index contributed by atoms with van der Waals surface area (Å²) in [5.41, 5.74) is 1.22. The summed E-state index contributed by atoms with van der Waals surface area (Å²) in [6, 6.07) is 0.837. The molecule has 0 saturated carbocycles. The third-order valence-corrected chi connectivity index (χ3v) is 4.48. The molecule has 0 radical (unpaired) electrons. The van der Waals surface area contributed by atoms with E-state index in [1.165, 1.54) is 21.8 Å². The molecule has 0 spiro atoms. The van der Waals surface area contributed by atoms with Crippen LogP contribution in [0.3, 0.4) is 0 Å². The first kappa shape index (κ1) is 14.0. The number of aliphatic carboxylic acids is 1. The highest BCUT2D eigenvalue weighted by molar-refractivity contribution is 7.14. The molecule has 0 bridgehead atoms. The molecule has 0 aromatic carbocycles. The number of amides is 1. The molecule has 6 heteroatoms. The number of hydrogen-bond acceptors (Lipinski definition) is 4. The Labute approximate surface area is 115 Å². The Morgan fingerprint density at radius 2 is 2.11 bits per heavy atom. The van der Waals surface area contributed by atoms with Crippen LogP contribution in [0.2, 0.25) is 0 Å². The summed E-state index contributed by atoms with van der Waals surface area (Å²) in [4.78, 5) is 24.7. The lowest BCUT2D eigenvalue weighted by Crippen LogP contribution is -2.41. The molecular formula is C13H17NO4S. The zero-order valence-corrected chi connectivity index (χ0v) is 11.3. The monoisotopic (exact) mass is 283 g/mol. The van der Waals surface area contributed by atoms with Crippen molar-refractivity contribution < 1.29 is 19.8 Å². The first-order valence-corrected chi connectivity index (χ1v) is 7.19. The first-order valence-electron chi connectivity index (χ1n) is 6.38. The van der Waals surface area contributed by atoms with Crippen molar-refractivity contribution in [3.05, 3.63) is 21.4 Å². The highest BCUT2D eigenvalue weighted by Gasteiger charge is 2.22. The highest BCUT2D eigenvalue weighted by atomic mass is 32.1.